The molecule has 0 spiro atoms. The molecule has 1 aromatic heterocycles. The Morgan fingerprint density at radius 2 is 1.74 bits per heavy atom. The lowest BCUT2D eigenvalue weighted by Gasteiger charge is -2.30. The lowest BCUT2D eigenvalue weighted by molar-refractivity contribution is -0.143. The number of nitrogens with one attached hydrogen (secondary N) is 1. The van der Waals surface area contributed by atoms with Gasteiger partial charge in [-0.25, -0.2) is 13.3 Å². The number of rotatable bonds is 13. The Morgan fingerprint density at radius 1 is 0.982 bits per heavy atom. The second-order valence-corrected chi connectivity index (χ2v) is 15.6. The summed E-state index contributed by atoms with van der Waals surface area (Å²) in [6, 6.07) is 21.7. The number of aryl methyl sites for hydroxylation is 1. The zero-order valence-corrected chi connectivity index (χ0v) is 32.2. The van der Waals surface area contributed by atoms with Gasteiger partial charge in [-0.15, -0.1) is 0 Å². The maximum absolute atomic E-state index is 13.8. The smallest absolute Gasteiger partial charge is 0.290 e. The zero-order valence-electron chi connectivity index (χ0n) is 30.6. The summed E-state index contributed by atoms with van der Waals surface area (Å²) >= 11 is 6.07. The number of carbonyl (C=O) groups is 3. The van der Waals surface area contributed by atoms with Gasteiger partial charge in [0, 0.05) is 41.7 Å². The molecule has 3 amide bonds. The van der Waals surface area contributed by atoms with Crippen molar-refractivity contribution in [1.29, 1.82) is 0 Å². The Hall–Kier alpha value is -5.84. The monoisotopic (exact) mass is 813 g/mol. The van der Waals surface area contributed by atoms with E-state index in [9.17, 15) is 32.7 Å². The highest BCUT2D eigenvalue weighted by molar-refractivity contribution is 7.89. The van der Waals surface area contributed by atoms with Crippen molar-refractivity contribution >= 4 is 61.7 Å². The van der Waals surface area contributed by atoms with E-state index in [1.807, 2.05) is 0 Å². The van der Waals surface area contributed by atoms with Crippen LogP contribution in [0.3, 0.4) is 0 Å². The van der Waals surface area contributed by atoms with Crippen LogP contribution in [0.4, 0.5) is 11.4 Å². The quantitative estimate of drug-likeness (QED) is 0.141. The van der Waals surface area contributed by atoms with Crippen molar-refractivity contribution in [2.45, 2.75) is 30.4 Å². The van der Waals surface area contributed by atoms with Gasteiger partial charge in [0.05, 0.1) is 53.7 Å². The maximum atomic E-state index is 13.8. The molecular formula is C41H36ClN3O11S. The fourth-order valence-electron chi connectivity index (χ4n) is 6.74. The van der Waals surface area contributed by atoms with Gasteiger partial charge in [0.25, 0.3) is 17.7 Å². The van der Waals surface area contributed by atoms with E-state index in [2.05, 4.69) is 5.32 Å². The molecule has 0 saturated carbocycles. The van der Waals surface area contributed by atoms with Gasteiger partial charge < -0.3 is 29.1 Å². The summed E-state index contributed by atoms with van der Waals surface area (Å²) in [6.45, 7) is 0.659. The molecule has 0 radical (unpaired) electrons. The lowest BCUT2D eigenvalue weighted by Crippen LogP contribution is -2.38. The number of fused-ring (bicyclic) bond motifs is 2. The molecule has 2 N–H and O–H groups in total. The normalized spacial score (nSPS) is 16.7. The third kappa shape index (κ3) is 7.93. The Balaban J connectivity index is 1.11. The number of anilines is 2. The van der Waals surface area contributed by atoms with E-state index >= 15 is 0 Å². The fourth-order valence-corrected chi connectivity index (χ4v) is 8.33. The highest BCUT2D eigenvalue weighted by Crippen LogP contribution is 2.35. The number of amides is 3. The summed E-state index contributed by atoms with van der Waals surface area (Å²) in [6.07, 6.45) is 1.79. The first kappa shape index (κ1) is 39.4. The molecule has 4 aromatic carbocycles. The molecule has 0 unspecified atom stereocenters. The highest BCUT2D eigenvalue weighted by atomic mass is 35.5. The molecule has 16 heteroatoms. The van der Waals surface area contributed by atoms with Crippen LogP contribution in [0, 0.1) is 6.92 Å². The second kappa shape index (κ2) is 16.3. The van der Waals surface area contributed by atoms with Crippen molar-refractivity contribution in [1.82, 2.24) is 4.31 Å². The largest absolute Gasteiger partial charge is 0.497 e. The number of halogens is 1. The molecule has 0 bridgehead atoms. The summed E-state index contributed by atoms with van der Waals surface area (Å²) in [5.41, 5.74) is 1.91. The van der Waals surface area contributed by atoms with Crippen molar-refractivity contribution in [2.75, 3.05) is 43.6 Å². The van der Waals surface area contributed by atoms with Gasteiger partial charge >= 0.3 is 0 Å². The number of aliphatic hydroxyl groups excluding tert-OH is 1. The van der Waals surface area contributed by atoms with Crippen LogP contribution in [0.5, 0.6) is 5.75 Å². The summed E-state index contributed by atoms with van der Waals surface area (Å²) in [5.74, 6) is -2.13. The van der Waals surface area contributed by atoms with E-state index in [1.54, 1.807) is 37.3 Å². The number of nitrogens with zero attached hydrogens (tertiary/aromatic N) is 2. The van der Waals surface area contributed by atoms with Crippen molar-refractivity contribution in [3.8, 4) is 5.75 Å². The minimum Gasteiger partial charge on any atom is -0.497 e. The van der Waals surface area contributed by atoms with E-state index in [0.717, 1.165) is 9.21 Å². The summed E-state index contributed by atoms with van der Waals surface area (Å²) in [7, 11) is -2.58. The van der Waals surface area contributed by atoms with Gasteiger partial charge in [0.2, 0.25) is 16.3 Å². The maximum Gasteiger partial charge on any atom is 0.290 e. The van der Waals surface area contributed by atoms with Crippen molar-refractivity contribution in [3.63, 3.8) is 0 Å². The standard InChI is InChI=1S/C41H36ClN3O11S/c1-24-19-27(8-14-34(24)45-40(49)30-13-7-26(42)22-32(30)41(45)50)43-39(48)36-20-25(33-23-55-35-6-4-3-5-31(35)38(33)47)21-37(56-36)54-18-16-44(15-17-46)57(51,52)29-11-9-28(53-2)10-12-29/h3-14,19-20,22-23,25,37,46H,15-18,21H2,1-2H3,(H,43,48)/t25-,37+/m0/s1. The van der Waals surface area contributed by atoms with E-state index in [4.69, 9.17) is 30.2 Å². The van der Waals surface area contributed by atoms with Crippen LogP contribution in [-0.2, 0) is 24.3 Å². The molecule has 5 aromatic rings. The number of carbonyl (C=O) groups excluding carboxylic acids is 3. The first-order valence-electron chi connectivity index (χ1n) is 17.8. The number of allylic oxidation sites excluding steroid dienone is 1. The highest BCUT2D eigenvalue weighted by Gasteiger charge is 2.38. The van der Waals surface area contributed by atoms with Crippen LogP contribution >= 0.6 is 11.6 Å². The number of benzene rings is 4. The number of hydrogen-bond donors (Lipinski definition) is 2. The molecule has 2 aliphatic rings. The first-order chi connectivity index (χ1) is 27.4. The average molecular weight is 814 g/mol. The molecule has 7 rings (SSSR count). The SMILES string of the molecule is COc1ccc(S(=O)(=O)N(CCO)CCO[C@H]2C[C@@H](c3coc4ccccc4c3=O)C=C(C(=O)Nc3ccc(N4C(=O)c5ccc(Cl)cc5C4=O)c(C)c3)O2)cc1. The van der Waals surface area contributed by atoms with Crippen LogP contribution < -0.4 is 20.4 Å². The minimum atomic E-state index is -4.04. The zero-order chi connectivity index (χ0) is 40.4. The molecule has 57 heavy (non-hydrogen) atoms. The molecule has 2 atom stereocenters. The Bertz CT molecular complexity index is 2590. The summed E-state index contributed by atoms with van der Waals surface area (Å²) in [5, 5.41) is 13.1. The Morgan fingerprint density at radius 3 is 2.47 bits per heavy atom. The van der Waals surface area contributed by atoms with Gasteiger partial charge in [0.1, 0.15) is 11.3 Å². The Kier molecular flexibility index (Phi) is 11.3. The number of methoxy groups -OCH3 is 1. The molecule has 2 aliphatic heterocycles. The van der Waals surface area contributed by atoms with Crippen molar-refractivity contribution < 1.29 is 46.5 Å². The topological polar surface area (TPSA) is 182 Å². The third-order valence-corrected chi connectivity index (χ3v) is 11.8. The molecule has 14 nitrogen and oxygen atoms in total. The molecule has 0 aliphatic carbocycles. The fraction of sp³-hybridized carbons (Fsp3) is 0.220. The van der Waals surface area contributed by atoms with E-state index in [0.29, 0.717) is 38.7 Å². The number of aliphatic hydroxyl groups is 1. The predicted octanol–water partition coefficient (Wildman–Crippen LogP) is 5.62. The number of para-hydroxylation sites is 1. The third-order valence-electron chi connectivity index (χ3n) is 9.62. The molecule has 0 fully saturated rings. The number of imide groups is 1. The first-order valence-corrected chi connectivity index (χ1v) is 19.6. The van der Waals surface area contributed by atoms with E-state index in [-0.39, 0.29) is 58.9 Å². The number of ether oxygens (including phenoxy) is 3. The van der Waals surface area contributed by atoms with Crippen LogP contribution in [0.25, 0.3) is 11.0 Å². The average Bonchev–Trinajstić information content (AvgIpc) is 3.45. The van der Waals surface area contributed by atoms with Crippen LogP contribution in [-0.4, -0.2) is 75.3 Å². The van der Waals surface area contributed by atoms with Crippen molar-refractivity contribution in [2.24, 2.45) is 0 Å². The predicted molar refractivity (Wildman–Crippen MR) is 210 cm³/mol. The van der Waals surface area contributed by atoms with Gasteiger partial charge in [-0.05, 0) is 91.4 Å². The number of sulfonamides is 1. The summed E-state index contributed by atoms with van der Waals surface area (Å²) in [4.78, 5) is 54.9. The second-order valence-electron chi connectivity index (χ2n) is 13.2. The van der Waals surface area contributed by atoms with E-state index in [1.165, 1.54) is 74.0 Å². The molecule has 294 valence electrons. The molecular weight excluding hydrogens is 778 g/mol. The van der Waals surface area contributed by atoms with Crippen LogP contribution in [0.1, 0.15) is 44.2 Å². The van der Waals surface area contributed by atoms with Gasteiger partial charge in [-0.1, -0.05) is 23.7 Å². The Labute approximate surface area is 331 Å². The van der Waals surface area contributed by atoms with Crippen molar-refractivity contribution in [3.05, 3.63) is 141 Å². The number of hydrogen-bond acceptors (Lipinski definition) is 11. The van der Waals surface area contributed by atoms with Crippen LogP contribution in [0.15, 0.2) is 117 Å². The van der Waals surface area contributed by atoms with Crippen LogP contribution in [0.2, 0.25) is 5.02 Å². The minimum absolute atomic E-state index is 0.00689. The summed E-state index contributed by atoms with van der Waals surface area (Å²) < 4.78 is 50.9. The van der Waals surface area contributed by atoms with Gasteiger partial charge in [-0.2, -0.15) is 4.31 Å². The molecule has 0 saturated heterocycles. The van der Waals surface area contributed by atoms with Gasteiger partial charge in [0.15, 0.2) is 11.2 Å². The van der Waals surface area contributed by atoms with E-state index < -0.39 is 46.6 Å². The lowest BCUT2D eigenvalue weighted by atomic mass is 9.93. The van der Waals surface area contributed by atoms with Gasteiger partial charge in [-0.3, -0.25) is 19.2 Å². The molecule has 3 heterocycles.